The second-order valence-electron chi connectivity index (χ2n) is 4.92. The van der Waals surface area contributed by atoms with Crippen LogP contribution in [0.4, 0.5) is 0 Å². The van der Waals surface area contributed by atoms with Crippen LogP contribution in [0.1, 0.15) is 24.8 Å². The molecule has 1 fully saturated rings. The summed E-state index contributed by atoms with van der Waals surface area (Å²) in [7, 11) is 0. The third-order valence-corrected chi connectivity index (χ3v) is 3.70. The molecule has 0 aromatic heterocycles. The number of phenols is 1. The second-order valence-corrected chi connectivity index (χ2v) is 4.92. The van der Waals surface area contributed by atoms with Gasteiger partial charge in [-0.2, -0.15) is 0 Å². The van der Waals surface area contributed by atoms with Crippen LogP contribution in [0, 0.1) is 11.8 Å². The van der Waals surface area contributed by atoms with E-state index in [1.165, 1.54) is 0 Å². The van der Waals surface area contributed by atoms with Gasteiger partial charge in [-0.1, -0.05) is 18.6 Å². The first kappa shape index (κ1) is 12.9. The van der Waals surface area contributed by atoms with Crippen molar-refractivity contribution in [1.82, 2.24) is 5.32 Å². The summed E-state index contributed by atoms with van der Waals surface area (Å²) in [5.41, 5.74) is 6.67. The Hall–Kier alpha value is -1.55. The normalized spacial score (nSPS) is 22.9. The minimum Gasteiger partial charge on any atom is -0.508 e. The van der Waals surface area contributed by atoms with Gasteiger partial charge in [0.05, 0.1) is 0 Å². The first-order chi connectivity index (χ1) is 8.70. The van der Waals surface area contributed by atoms with Crippen LogP contribution in [-0.2, 0) is 11.3 Å². The molecule has 1 saturated carbocycles. The smallest absolute Gasteiger partial charge is 0.223 e. The molecule has 0 spiro atoms. The number of nitrogens with one attached hydrogen (secondary N) is 1. The zero-order valence-electron chi connectivity index (χ0n) is 10.4. The van der Waals surface area contributed by atoms with Crippen LogP contribution < -0.4 is 11.1 Å². The highest BCUT2D eigenvalue weighted by Gasteiger charge is 2.31. The molecule has 0 radical (unpaired) electrons. The first-order valence-electron chi connectivity index (χ1n) is 6.46. The average molecular weight is 248 g/mol. The van der Waals surface area contributed by atoms with Crippen molar-refractivity contribution in [3.63, 3.8) is 0 Å². The average Bonchev–Trinajstić information content (AvgIpc) is 2.86. The lowest BCUT2D eigenvalue weighted by atomic mass is 9.95. The molecule has 0 bridgehead atoms. The van der Waals surface area contributed by atoms with Crippen molar-refractivity contribution in [3.05, 3.63) is 29.8 Å². The Morgan fingerprint density at radius 1 is 1.33 bits per heavy atom. The molecular formula is C14H20N2O2. The van der Waals surface area contributed by atoms with Crippen LogP contribution in [0.3, 0.4) is 0 Å². The summed E-state index contributed by atoms with van der Waals surface area (Å²) < 4.78 is 0. The monoisotopic (exact) mass is 248 g/mol. The summed E-state index contributed by atoms with van der Waals surface area (Å²) in [6, 6.07) is 6.87. The molecule has 1 aliphatic carbocycles. The standard InChI is InChI=1S/C14H20N2O2/c15-8-11-2-1-3-13(11)14(18)16-9-10-4-6-12(17)7-5-10/h4-7,11,13,17H,1-3,8-9,15H2,(H,16,18). The third kappa shape index (κ3) is 3.01. The number of carbonyl (C=O) groups is 1. The van der Waals surface area contributed by atoms with E-state index in [0.717, 1.165) is 24.8 Å². The lowest BCUT2D eigenvalue weighted by Gasteiger charge is -2.17. The van der Waals surface area contributed by atoms with Gasteiger partial charge in [0.1, 0.15) is 5.75 Å². The molecule has 0 saturated heterocycles. The molecule has 4 N–H and O–H groups in total. The van der Waals surface area contributed by atoms with Crippen LogP contribution in [0.15, 0.2) is 24.3 Å². The Labute approximate surface area is 107 Å². The van der Waals surface area contributed by atoms with E-state index in [-0.39, 0.29) is 17.6 Å². The fourth-order valence-electron chi connectivity index (χ4n) is 2.60. The fourth-order valence-corrected chi connectivity index (χ4v) is 2.60. The summed E-state index contributed by atoms with van der Waals surface area (Å²) in [5, 5.41) is 12.1. The molecule has 1 aromatic rings. The molecule has 0 heterocycles. The Bertz CT molecular complexity index is 403. The maximum Gasteiger partial charge on any atom is 0.223 e. The van der Waals surface area contributed by atoms with Gasteiger partial charge in [0, 0.05) is 12.5 Å². The number of phenolic OH excluding ortho intramolecular Hbond substituents is 1. The molecule has 18 heavy (non-hydrogen) atoms. The number of benzene rings is 1. The summed E-state index contributed by atoms with van der Waals surface area (Å²) >= 11 is 0. The van der Waals surface area contributed by atoms with Gasteiger partial charge >= 0.3 is 0 Å². The van der Waals surface area contributed by atoms with Crippen LogP contribution in [0.5, 0.6) is 5.75 Å². The van der Waals surface area contributed by atoms with Crippen LogP contribution in [0.2, 0.25) is 0 Å². The van der Waals surface area contributed by atoms with Crippen LogP contribution in [0.25, 0.3) is 0 Å². The van der Waals surface area contributed by atoms with Gasteiger partial charge in [-0.05, 0) is 43.0 Å². The van der Waals surface area contributed by atoms with Crippen molar-refractivity contribution in [2.75, 3.05) is 6.54 Å². The van der Waals surface area contributed by atoms with Crippen molar-refractivity contribution >= 4 is 5.91 Å². The predicted molar refractivity (Wildman–Crippen MR) is 69.8 cm³/mol. The molecule has 4 heteroatoms. The van der Waals surface area contributed by atoms with E-state index in [0.29, 0.717) is 19.0 Å². The summed E-state index contributed by atoms with van der Waals surface area (Å²) in [6.45, 7) is 1.10. The molecule has 1 aliphatic rings. The highest BCUT2D eigenvalue weighted by molar-refractivity contribution is 5.79. The molecule has 1 aromatic carbocycles. The van der Waals surface area contributed by atoms with E-state index in [9.17, 15) is 9.90 Å². The number of rotatable bonds is 4. The Morgan fingerprint density at radius 3 is 2.72 bits per heavy atom. The van der Waals surface area contributed by atoms with Gasteiger partial charge in [-0.25, -0.2) is 0 Å². The molecule has 1 amide bonds. The minimum absolute atomic E-state index is 0.0760. The maximum atomic E-state index is 12.0. The number of hydrogen-bond acceptors (Lipinski definition) is 3. The first-order valence-corrected chi connectivity index (χ1v) is 6.46. The van der Waals surface area contributed by atoms with Crippen molar-refractivity contribution in [1.29, 1.82) is 0 Å². The molecular weight excluding hydrogens is 228 g/mol. The van der Waals surface area contributed by atoms with Crippen molar-refractivity contribution in [3.8, 4) is 5.75 Å². The van der Waals surface area contributed by atoms with Crippen LogP contribution in [-0.4, -0.2) is 17.6 Å². The number of hydrogen-bond donors (Lipinski definition) is 3. The molecule has 2 rings (SSSR count). The number of amides is 1. The number of nitrogens with two attached hydrogens (primary N) is 1. The van der Waals surface area contributed by atoms with Crippen molar-refractivity contribution < 1.29 is 9.90 Å². The van der Waals surface area contributed by atoms with E-state index in [1.54, 1.807) is 12.1 Å². The zero-order chi connectivity index (χ0) is 13.0. The highest BCUT2D eigenvalue weighted by Crippen LogP contribution is 2.30. The third-order valence-electron chi connectivity index (χ3n) is 3.70. The largest absolute Gasteiger partial charge is 0.508 e. The highest BCUT2D eigenvalue weighted by atomic mass is 16.3. The van der Waals surface area contributed by atoms with E-state index in [4.69, 9.17) is 5.73 Å². The molecule has 4 nitrogen and oxygen atoms in total. The Balaban J connectivity index is 1.86. The zero-order valence-corrected chi connectivity index (χ0v) is 10.4. The van der Waals surface area contributed by atoms with Gasteiger partial charge in [-0.15, -0.1) is 0 Å². The molecule has 2 unspecified atom stereocenters. The quantitative estimate of drug-likeness (QED) is 0.753. The maximum absolute atomic E-state index is 12.0. The Morgan fingerprint density at radius 2 is 2.06 bits per heavy atom. The number of aromatic hydroxyl groups is 1. The van der Waals surface area contributed by atoms with Crippen molar-refractivity contribution in [2.24, 2.45) is 17.6 Å². The van der Waals surface area contributed by atoms with Gasteiger partial charge in [0.2, 0.25) is 5.91 Å². The molecule has 2 atom stereocenters. The van der Waals surface area contributed by atoms with Gasteiger partial charge in [0.25, 0.3) is 0 Å². The van der Waals surface area contributed by atoms with E-state index < -0.39 is 0 Å². The van der Waals surface area contributed by atoms with E-state index in [1.807, 2.05) is 12.1 Å². The van der Waals surface area contributed by atoms with Crippen molar-refractivity contribution in [2.45, 2.75) is 25.8 Å². The molecule has 0 aliphatic heterocycles. The van der Waals surface area contributed by atoms with Gasteiger partial charge in [-0.3, -0.25) is 4.79 Å². The van der Waals surface area contributed by atoms with Crippen LogP contribution >= 0.6 is 0 Å². The van der Waals surface area contributed by atoms with Gasteiger partial charge in [0.15, 0.2) is 0 Å². The topological polar surface area (TPSA) is 75.4 Å². The lowest BCUT2D eigenvalue weighted by molar-refractivity contribution is -0.126. The minimum atomic E-state index is 0.0760. The van der Waals surface area contributed by atoms with Gasteiger partial charge < -0.3 is 16.2 Å². The van der Waals surface area contributed by atoms with E-state index >= 15 is 0 Å². The predicted octanol–water partition coefficient (Wildman–Crippen LogP) is 1.38. The fraction of sp³-hybridized carbons (Fsp3) is 0.500. The summed E-state index contributed by atoms with van der Waals surface area (Å²) in [6.07, 6.45) is 3.11. The lowest BCUT2D eigenvalue weighted by Crippen LogP contribution is -2.34. The summed E-state index contributed by atoms with van der Waals surface area (Å²) in [5.74, 6) is 0.761. The second kappa shape index (κ2) is 5.87. The Kier molecular flexibility index (Phi) is 4.20. The van der Waals surface area contributed by atoms with E-state index in [2.05, 4.69) is 5.32 Å². The SMILES string of the molecule is NCC1CCCC1C(=O)NCc1ccc(O)cc1. The molecule has 98 valence electrons. The summed E-state index contributed by atoms with van der Waals surface area (Å²) in [4.78, 5) is 12.0. The number of carbonyl (C=O) groups excluding carboxylic acids is 1.